The van der Waals surface area contributed by atoms with Crippen molar-refractivity contribution in [2.75, 3.05) is 0 Å². The van der Waals surface area contributed by atoms with Gasteiger partial charge in [-0.05, 0) is 56.6 Å². The van der Waals surface area contributed by atoms with Crippen molar-refractivity contribution in [1.82, 2.24) is 0 Å². The zero-order valence-electron chi connectivity index (χ0n) is 22.1. The second-order valence-corrected chi connectivity index (χ2v) is 8.69. The van der Waals surface area contributed by atoms with Crippen molar-refractivity contribution in [3.63, 3.8) is 0 Å². The van der Waals surface area contributed by atoms with Crippen LogP contribution in [0.4, 0.5) is 0 Å². The van der Waals surface area contributed by atoms with Gasteiger partial charge in [-0.15, -0.1) is 0 Å². The van der Waals surface area contributed by atoms with Crippen LogP contribution < -0.4 is 4.57 Å². The van der Waals surface area contributed by atoms with Crippen molar-refractivity contribution < 1.29 is 8.68 Å². The van der Waals surface area contributed by atoms with Crippen molar-refractivity contribution in [1.29, 1.82) is 0 Å². The Morgan fingerprint density at radius 2 is 1.21 bits per heavy atom. The van der Waals surface area contributed by atoms with Crippen molar-refractivity contribution in [3.8, 4) is 22.3 Å². The maximum absolute atomic E-state index is 8.86. The third-order valence-corrected chi connectivity index (χ3v) is 5.70. The molecule has 0 radical (unpaired) electrons. The number of hydrogen-bond donors (Lipinski definition) is 0. The number of nitrogens with zero attached hydrogens (tertiary/aromatic N) is 1. The number of pyridine rings is 1. The van der Waals surface area contributed by atoms with Crippen LogP contribution in [0.25, 0.3) is 22.3 Å². The first-order valence-corrected chi connectivity index (χ1v) is 10.4. The van der Waals surface area contributed by atoms with Gasteiger partial charge in [-0.1, -0.05) is 77.9 Å². The first-order valence-electron chi connectivity index (χ1n) is 11.9. The van der Waals surface area contributed by atoms with Crippen molar-refractivity contribution in [2.45, 2.75) is 66.1 Å². The minimum atomic E-state index is -0.861. The van der Waals surface area contributed by atoms with E-state index in [0.29, 0.717) is 0 Å². The third kappa shape index (κ3) is 4.45. The Bertz CT molecular complexity index is 1090. The minimum Gasteiger partial charge on any atom is -0.205 e. The van der Waals surface area contributed by atoms with Gasteiger partial charge in [-0.25, -0.2) is 4.57 Å². The standard InChI is InChI=1S/C28H36N/c1-18(2)25-16-26(19(3)4)28(27(17-25)20(5)6)23-11-9-22(10-12-23)24-13-14-29(8)21(7)15-24/h9-20H,1-8H3/q+1/i18D,19D,20D. The van der Waals surface area contributed by atoms with Crippen LogP contribution in [0, 0.1) is 6.92 Å². The van der Waals surface area contributed by atoms with Gasteiger partial charge >= 0.3 is 0 Å². The Labute approximate surface area is 181 Å². The summed E-state index contributed by atoms with van der Waals surface area (Å²) in [5, 5.41) is 0. The van der Waals surface area contributed by atoms with Crippen LogP contribution in [-0.4, -0.2) is 0 Å². The third-order valence-electron chi connectivity index (χ3n) is 5.70. The summed E-state index contributed by atoms with van der Waals surface area (Å²) in [5.74, 6) is -2.52. The Kier molecular flexibility index (Phi) is 5.13. The van der Waals surface area contributed by atoms with Crippen LogP contribution in [-0.2, 0) is 7.05 Å². The Morgan fingerprint density at radius 1 is 0.690 bits per heavy atom. The zero-order chi connectivity index (χ0) is 24.1. The van der Waals surface area contributed by atoms with Crippen LogP contribution in [0.15, 0.2) is 54.7 Å². The number of benzene rings is 2. The molecular formula is C28H36N+. The van der Waals surface area contributed by atoms with E-state index in [9.17, 15) is 0 Å². The van der Waals surface area contributed by atoms with Crippen LogP contribution >= 0.6 is 0 Å². The lowest BCUT2D eigenvalue weighted by molar-refractivity contribution is -0.677. The SMILES string of the molecule is [2H]C(C)(C)c1cc(C([2H])(C)C)c(-c2ccc(-c3cc[n+](C)c(C)c3)cc2)c(C([2H])(C)C)c1. The number of aryl methyl sites for hydroxylation is 2. The maximum atomic E-state index is 8.86. The lowest BCUT2D eigenvalue weighted by atomic mass is 9.81. The van der Waals surface area contributed by atoms with Crippen LogP contribution in [0.1, 0.15) is 85.7 Å². The van der Waals surface area contributed by atoms with Gasteiger partial charge in [0.2, 0.25) is 0 Å². The molecule has 0 fully saturated rings. The van der Waals surface area contributed by atoms with Crippen molar-refractivity contribution in [2.24, 2.45) is 7.05 Å². The molecule has 1 heterocycles. The predicted molar refractivity (Wildman–Crippen MR) is 125 cm³/mol. The van der Waals surface area contributed by atoms with Gasteiger partial charge in [0.15, 0.2) is 11.9 Å². The minimum absolute atomic E-state index is 0.802. The molecular weight excluding hydrogens is 350 g/mol. The Morgan fingerprint density at radius 3 is 1.66 bits per heavy atom. The van der Waals surface area contributed by atoms with Crippen LogP contribution in [0.3, 0.4) is 0 Å². The second-order valence-electron chi connectivity index (χ2n) is 8.69. The van der Waals surface area contributed by atoms with E-state index in [1.54, 1.807) is 0 Å². The molecule has 1 heteroatoms. The zero-order valence-corrected chi connectivity index (χ0v) is 19.1. The lowest BCUT2D eigenvalue weighted by Crippen LogP contribution is -2.30. The highest BCUT2D eigenvalue weighted by Crippen LogP contribution is 2.39. The molecule has 3 aromatic rings. The predicted octanol–water partition coefficient (Wildman–Crippen LogP) is 7.52. The molecule has 0 unspecified atom stereocenters. The Balaban J connectivity index is 2.25. The summed E-state index contributed by atoms with van der Waals surface area (Å²) in [7, 11) is 2.04. The molecule has 0 spiro atoms. The monoisotopic (exact) mass is 389 g/mol. The second kappa shape index (κ2) is 8.53. The molecule has 0 saturated carbocycles. The molecule has 0 saturated heterocycles. The summed E-state index contributed by atoms with van der Waals surface area (Å²) in [5.41, 5.74) is 8.02. The maximum Gasteiger partial charge on any atom is 0.178 e. The van der Waals surface area contributed by atoms with Gasteiger partial charge in [0, 0.05) is 23.2 Å². The molecule has 0 atom stereocenters. The molecule has 0 amide bonds. The molecule has 152 valence electrons. The average Bonchev–Trinajstić information content (AvgIpc) is 2.67. The fraction of sp³-hybridized carbons (Fsp3) is 0.393. The molecule has 0 aliphatic carbocycles. The molecule has 2 aromatic carbocycles. The summed E-state index contributed by atoms with van der Waals surface area (Å²) in [6.07, 6.45) is 2.07. The number of hydrogen-bond acceptors (Lipinski definition) is 0. The largest absolute Gasteiger partial charge is 0.205 e. The molecule has 0 aliphatic rings. The van der Waals surface area contributed by atoms with Crippen LogP contribution in [0.5, 0.6) is 0 Å². The van der Waals surface area contributed by atoms with E-state index >= 15 is 0 Å². The summed E-state index contributed by atoms with van der Waals surface area (Å²) in [6, 6.07) is 16.7. The van der Waals surface area contributed by atoms with E-state index in [1.807, 2.05) is 60.7 Å². The molecule has 0 N–H and O–H groups in total. The van der Waals surface area contributed by atoms with Gasteiger partial charge in [-0.2, -0.15) is 0 Å². The van der Waals surface area contributed by atoms with E-state index in [1.165, 1.54) is 11.3 Å². The number of rotatable bonds is 5. The van der Waals surface area contributed by atoms with Crippen LogP contribution in [0.2, 0.25) is 0 Å². The molecule has 29 heavy (non-hydrogen) atoms. The topological polar surface area (TPSA) is 3.88 Å². The van der Waals surface area contributed by atoms with Gasteiger partial charge in [0.1, 0.15) is 7.05 Å². The van der Waals surface area contributed by atoms with Gasteiger partial charge in [0.05, 0.1) is 0 Å². The average molecular weight is 390 g/mol. The molecule has 0 aliphatic heterocycles. The fourth-order valence-electron chi connectivity index (χ4n) is 3.72. The molecule has 1 aromatic heterocycles. The number of aromatic nitrogens is 1. The molecule has 3 rings (SSSR count). The highest BCUT2D eigenvalue weighted by molar-refractivity contribution is 5.76. The lowest BCUT2D eigenvalue weighted by Gasteiger charge is -2.23. The Hall–Kier alpha value is -2.41. The molecule has 1 nitrogen and oxygen atoms in total. The van der Waals surface area contributed by atoms with Gasteiger partial charge < -0.3 is 0 Å². The van der Waals surface area contributed by atoms with E-state index < -0.39 is 17.7 Å². The van der Waals surface area contributed by atoms with E-state index in [-0.39, 0.29) is 0 Å². The van der Waals surface area contributed by atoms with Crippen molar-refractivity contribution >= 4 is 0 Å². The smallest absolute Gasteiger partial charge is 0.178 e. The van der Waals surface area contributed by atoms with E-state index in [2.05, 4.69) is 54.1 Å². The summed E-state index contributed by atoms with van der Waals surface area (Å²) < 4.78 is 28.4. The quantitative estimate of drug-likeness (QED) is 0.397. The normalized spacial score (nSPS) is 14.3. The first-order chi connectivity index (χ1) is 14.6. The van der Waals surface area contributed by atoms with E-state index in [0.717, 1.165) is 33.4 Å². The fourth-order valence-corrected chi connectivity index (χ4v) is 3.72. The van der Waals surface area contributed by atoms with E-state index in [4.69, 9.17) is 4.11 Å². The highest BCUT2D eigenvalue weighted by Gasteiger charge is 2.18. The van der Waals surface area contributed by atoms with Gasteiger partial charge in [0.25, 0.3) is 0 Å². The first kappa shape index (κ1) is 17.4. The summed E-state index contributed by atoms with van der Waals surface area (Å²) in [4.78, 5) is 0. The summed E-state index contributed by atoms with van der Waals surface area (Å²) >= 11 is 0. The highest BCUT2D eigenvalue weighted by atomic mass is 14.9. The van der Waals surface area contributed by atoms with Gasteiger partial charge in [-0.3, -0.25) is 0 Å². The summed E-state index contributed by atoms with van der Waals surface area (Å²) in [6.45, 7) is 13.4. The van der Waals surface area contributed by atoms with Crippen molar-refractivity contribution in [3.05, 3.63) is 77.1 Å². The molecule has 0 bridgehead atoms.